The number of ether oxygens (including phenoxy) is 4. The number of hydrogen-bond donors (Lipinski definition) is 8. The molecule has 5 aliphatic heterocycles. The SMILES string of the molecule is C#C[C@@]12O/C=C/[C@H](OC)[C@@H](C)[C@@H](OC(C)=O)[C@H](N)[C@H](O)[C@H](N)[C@@H](O)[C@@H](C)/C=C/C=C(/C)C(=O)NC3=C(N4CCC(NCC5CCN(c6c(F)cc7c(=O)c(C(=O)O)cn(C8CC8)c7c6Cl)C5)CC4)C(=O)c4c(c(O)c(C)c(c4C1=O)O2)C3=O. The average molecular weight is 1170 g/mol. The maximum Gasteiger partial charge on any atom is 0.383 e. The van der Waals surface area contributed by atoms with Gasteiger partial charge in [0.05, 0.1) is 75.0 Å². The number of hydrogen-bond acceptors (Lipinski definition) is 19. The second kappa shape index (κ2) is 23.7. The lowest BCUT2D eigenvalue weighted by molar-refractivity contribution is -0.155. The van der Waals surface area contributed by atoms with Crippen molar-refractivity contribution in [3.63, 3.8) is 0 Å². The molecule has 1 unspecified atom stereocenters. The summed E-state index contributed by atoms with van der Waals surface area (Å²) in [6.07, 6.45) is 11.5. The number of amides is 1. The number of esters is 1. The number of benzene rings is 2. The molecule has 22 nitrogen and oxygen atoms in total. The van der Waals surface area contributed by atoms with Crippen LogP contribution in [0, 0.1) is 42.8 Å². The molecule has 2 aromatic carbocycles. The van der Waals surface area contributed by atoms with Gasteiger partial charge in [0.15, 0.2) is 0 Å². The van der Waals surface area contributed by atoms with Crippen molar-refractivity contribution in [1.29, 1.82) is 0 Å². The zero-order valence-corrected chi connectivity index (χ0v) is 47.3. The number of carbonyl (C=O) groups is 6. The summed E-state index contributed by atoms with van der Waals surface area (Å²) in [4.78, 5) is 100. The Hall–Kier alpha value is -7.43. The number of phenolic OH excluding ortho intramolecular Hbond substituents is 1. The Kier molecular flexibility index (Phi) is 17.2. The number of ketones is 3. The van der Waals surface area contributed by atoms with E-state index in [1.807, 2.05) is 4.90 Å². The van der Waals surface area contributed by atoms with Crippen LogP contribution in [-0.4, -0.2) is 153 Å². The highest BCUT2D eigenvalue weighted by Gasteiger charge is 2.55. The van der Waals surface area contributed by atoms with Gasteiger partial charge in [-0.25, -0.2) is 9.18 Å². The van der Waals surface area contributed by atoms with Gasteiger partial charge >= 0.3 is 17.7 Å². The summed E-state index contributed by atoms with van der Waals surface area (Å²) in [7, 11) is 1.32. The number of halogens is 2. The van der Waals surface area contributed by atoms with Gasteiger partial charge in [0, 0.05) is 81.5 Å². The zero-order chi connectivity index (χ0) is 60.3. The van der Waals surface area contributed by atoms with Gasteiger partial charge in [-0.3, -0.25) is 28.8 Å². The van der Waals surface area contributed by atoms with E-state index in [4.69, 9.17) is 48.4 Å². The first-order valence-electron chi connectivity index (χ1n) is 27.4. The normalized spacial score (nSPS) is 29.7. The minimum atomic E-state index is -2.62. The van der Waals surface area contributed by atoms with Gasteiger partial charge in [-0.1, -0.05) is 43.7 Å². The van der Waals surface area contributed by atoms with E-state index in [0.29, 0.717) is 44.4 Å². The topological polar surface area (TPSA) is 325 Å². The first-order valence-corrected chi connectivity index (χ1v) is 27.8. The van der Waals surface area contributed by atoms with E-state index in [0.717, 1.165) is 32.1 Å². The third-order valence-corrected chi connectivity index (χ3v) is 17.1. The number of terminal acetylenes is 1. The standard InChI is InChI=1S/C59H67ClFN7O15/c1-8-59-56(76)40-38-39(49(71)29(5)54(40)83-59)51(73)44(65-57(77)27(3)11-9-10-26(2)48(70)42(62)53(75)43(63)55(82-30(6)69)28(4)37(80-7)17-21-81-59)47(52(38)74)66-19-15-32(16-20-66)64-23-31-14-18-67(24-31)46-36(61)22-34-45(41(46)60)68(33-12-13-33)25-35(50(34)72)58(78)79/h1,9-11,17,21-22,25-26,28,31-33,37,42-43,48,53,55,64,70-71,75H,12-16,18-20,23-24,62-63H2,2-7H3,(H,65,77)(H,78,79)/b10-9+,21-17+,27-11-/t26-,28+,31?,37-,42+,43+,48-,53+,55+,59-/m0/s1. The predicted octanol–water partition coefficient (Wildman–Crippen LogP) is 3.67. The number of anilines is 1. The van der Waals surface area contributed by atoms with Crippen LogP contribution >= 0.6 is 11.6 Å². The van der Waals surface area contributed by atoms with Gasteiger partial charge in [-0.2, -0.15) is 0 Å². The Morgan fingerprint density at radius 1 is 0.976 bits per heavy atom. The number of phenols is 1. The predicted molar refractivity (Wildman–Crippen MR) is 300 cm³/mol. The number of Topliss-reactive ketones (excluding diaryl/α,β-unsaturated/α-hetero) is 3. The highest BCUT2D eigenvalue weighted by Crippen LogP contribution is 2.49. The second-order valence-electron chi connectivity index (χ2n) is 22.3. The number of carboxylic acids is 1. The molecule has 1 aromatic heterocycles. The van der Waals surface area contributed by atoms with Gasteiger partial charge in [0.2, 0.25) is 17.0 Å². The van der Waals surface area contributed by atoms with E-state index in [1.165, 1.54) is 51.5 Å². The fourth-order valence-electron chi connectivity index (χ4n) is 11.8. The third-order valence-electron chi connectivity index (χ3n) is 16.8. The number of aliphatic hydroxyl groups excluding tert-OH is 2. The number of likely N-dealkylation sites (tertiary alicyclic amines) is 1. The molecule has 0 spiro atoms. The van der Waals surface area contributed by atoms with Crippen LogP contribution < -0.4 is 37.2 Å². The van der Waals surface area contributed by atoms with Crippen LogP contribution in [0.25, 0.3) is 10.9 Å². The van der Waals surface area contributed by atoms with E-state index in [-0.39, 0.29) is 69.8 Å². The van der Waals surface area contributed by atoms with Gasteiger partial charge in [-0.15, -0.1) is 6.42 Å². The van der Waals surface area contributed by atoms with Crippen LogP contribution in [-0.2, 0) is 23.8 Å². The van der Waals surface area contributed by atoms with E-state index in [2.05, 4.69) is 16.6 Å². The highest BCUT2D eigenvalue weighted by molar-refractivity contribution is 6.38. The summed E-state index contributed by atoms with van der Waals surface area (Å²) in [6.45, 7) is 8.76. The minimum Gasteiger partial charge on any atom is -0.507 e. The van der Waals surface area contributed by atoms with Crippen molar-refractivity contribution in [2.45, 2.75) is 121 Å². The summed E-state index contributed by atoms with van der Waals surface area (Å²) in [5.74, 6) is -9.80. The van der Waals surface area contributed by atoms with Crippen LogP contribution in [0.15, 0.2) is 64.6 Å². The molecular weight excluding hydrogens is 1100 g/mol. The fourth-order valence-corrected chi connectivity index (χ4v) is 12.2. The van der Waals surface area contributed by atoms with Crippen LogP contribution in [0.2, 0.25) is 5.02 Å². The van der Waals surface area contributed by atoms with Gasteiger partial charge in [0.25, 0.3) is 11.7 Å². The Labute approximate surface area is 481 Å². The first kappa shape index (κ1) is 60.2. The van der Waals surface area contributed by atoms with Crippen LogP contribution in [0.3, 0.4) is 0 Å². The molecule has 7 aliphatic rings. The quantitative estimate of drug-likeness (QED) is 0.112. The molecule has 442 valence electrons. The fraction of sp³-hybridized carbons (Fsp3) is 0.475. The second-order valence-corrected chi connectivity index (χ2v) is 22.6. The smallest absolute Gasteiger partial charge is 0.383 e. The van der Waals surface area contributed by atoms with E-state index < -0.39 is 134 Å². The summed E-state index contributed by atoms with van der Waals surface area (Å²) in [5, 5.41) is 50.4. The van der Waals surface area contributed by atoms with E-state index in [9.17, 15) is 44.4 Å². The molecule has 2 aliphatic carbocycles. The zero-order valence-electron chi connectivity index (χ0n) is 46.6. The molecule has 10 N–H and O–H groups in total. The number of allylic oxidation sites excluding steroid dienone is 4. The molecule has 3 aromatic rings. The van der Waals surface area contributed by atoms with Crippen molar-refractivity contribution < 1.29 is 72.5 Å². The van der Waals surface area contributed by atoms with Crippen molar-refractivity contribution >= 4 is 63.4 Å². The highest BCUT2D eigenvalue weighted by atomic mass is 35.5. The van der Waals surface area contributed by atoms with Crippen LogP contribution in [0.1, 0.15) is 113 Å². The third kappa shape index (κ3) is 11.0. The molecule has 10 atom stereocenters. The monoisotopic (exact) mass is 1170 g/mol. The lowest BCUT2D eigenvalue weighted by atomic mass is 9.82. The Balaban J connectivity index is 1.00. The number of piperidine rings is 1. The number of aromatic carboxylic acids is 1. The Morgan fingerprint density at radius 2 is 1.66 bits per heavy atom. The Bertz CT molecular complexity index is 3450. The molecule has 6 heterocycles. The molecular formula is C59H67ClFN7O15. The minimum absolute atomic E-state index is 0.0182. The van der Waals surface area contributed by atoms with Crippen LogP contribution in [0.4, 0.5) is 10.1 Å². The number of nitrogens with two attached hydrogens (primary N) is 2. The van der Waals surface area contributed by atoms with Crippen LogP contribution in [0.5, 0.6) is 11.5 Å². The molecule has 5 bridgehead atoms. The number of carbonyl (C=O) groups excluding carboxylic acids is 5. The van der Waals surface area contributed by atoms with Gasteiger partial charge < -0.3 is 75.8 Å². The number of rotatable bonds is 9. The van der Waals surface area contributed by atoms with Gasteiger partial charge in [-0.05, 0) is 76.5 Å². The first-order chi connectivity index (χ1) is 39.4. The van der Waals surface area contributed by atoms with Crippen molar-refractivity contribution in [3.8, 4) is 23.8 Å². The summed E-state index contributed by atoms with van der Waals surface area (Å²) < 4.78 is 40.9. The molecule has 83 heavy (non-hydrogen) atoms. The largest absolute Gasteiger partial charge is 0.507 e. The number of aliphatic hydroxyl groups is 2. The van der Waals surface area contributed by atoms with Crippen molar-refractivity contribution in [1.82, 2.24) is 20.1 Å². The molecule has 1 amide bonds. The number of methoxy groups -OCH3 is 1. The number of aromatic hydroxyl groups is 1. The van der Waals surface area contributed by atoms with Crippen molar-refractivity contribution in [3.05, 3.63) is 109 Å². The van der Waals surface area contributed by atoms with E-state index >= 15 is 14.0 Å². The molecule has 0 radical (unpaired) electrons. The summed E-state index contributed by atoms with van der Waals surface area (Å²) >= 11 is 6.95. The number of carboxylic acid groups (broad SMARTS) is 1. The molecule has 10 rings (SSSR count). The average Bonchev–Trinajstić information content (AvgIpc) is 2.45. The molecule has 24 heteroatoms. The summed E-state index contributed by atoms with van der Waals surface area (Å²) in [5.41, 5.74) is 9.63. The number of nitrogens with zero attached hydrogens (tertiary/aromatic N) is 3. The number of aromatic nitrogens is 1. The maximum absolute atomic E-state index is 16.0. The lowest BCUT2D eigenvalue weighted by Crippen LogP contribution is -2.60. The Morgan fingerprint density at radius 3 is 2.30 bits per heavy atom. The van der Waals surface area contributed by atoms with E-state index in [1.54, 1.807) is 23.3 Å². The van der Waals surface area contributed by atoms with Crippen molar-refractivity contribution in [2.24, 2.45) is 29.2 Å². The van der Waals surface area contributed by atoms with Crippen molar-refractivity contribution in [2.75, 3.05) is 44.7 Å². The molecule has 2 saturated heterocycles. The summed E-state index contributed by atoms with van der Waals surface area (Å²) in [6, 6.07) is -1.91. The molecule has 1 saturated carbocycles. The number of fused-ring (bicyclic) bond motifs is 15. The number of pyridine rings is 1. The number of nitrogens with one attached hydrogen (secondary N) is 2. The maximum atomic E-state index is 16.0. The molecule has 3 fully saturated rings. The lowest BCUT2D eigenvalue weighted by Gasteiger charge is -2.37. The van der Waals surface area contributed by atoms with Gasteiger partial charge in [0.1, 0.15) is 40.4 Å².